The van der Waals surface area contributed by atoms with Crippen molar-refractivity contribution in [1.82, 2.24) is 4.90 Å². The van der Waals surface area contributed by atoms with Crippen LogP contribution in [0.3, 0.4) is 0 Å². The predicted molar refractivity (Wildman–Crippen MR) is 93.3 cm³/mol. The lowest BCUT2D eigenvalue weighted by Gasteiger charge is -2.29. The van der Waals surface area contributed by atoms with Gasteiger partial charge < -0.3 is 13.8 Å². The van der Waals surface area contributed by atoms with Crippen molar-refractivity contribution in [2.24, 2.45) is 5.41 Å². The Morgan fingerprint density at radius 1 is 1.25 bits per heavy atom. The zero-order valence-electron chi connectivity index (χ0n) is 15.0. The second-order valence-electron chi connectivity index (χ2n) is 6.55. The molecule has 0 aromatic heterocycles. The highest BCUT2D eigenvalue weighted by atomic mass is 32.2. The Balaban J connectivity index is 2.96. The summed E-state index contributed by atoms with van der Waals surface area (Å²) < 4.78 is 33.3. The van der Waals surface area contributed by atoms with Crippen molar-refractivity contribution in [1.29, 1.82) is 0 Å². The normalized spacial score (nSPS) is 12.0. The lowest BCUT2D eigenvalue weighted by molar-refractivity contribution is -0.140. The Bertz CT molecular complexity index is 649. The van der Waals surface area contributed by atoms with Crippen molar-refractivity contribution in [2.45, 2.75) is 34.2 Å². The Labute approximate surface area is 144 Å². The Morgan fingerprint density at radius 3 is 2.46 bits per heavy atom. The van der Waals surface area contributed by atoms with Crippen LogP contribution in [-0.2, 0) is 26.2 Å². The van der Waals surface area contributed by atoms with Crippen LogP contribution in [0.25, 0.3) is 0 Å². The third-order valence-corrected chi connectivity index (χ3v) is 4.50. The number of rotatable bonds is 8. The van der Waals surface area contributed by atoms with E-state index in [-0.39, 0.29) is 17.4 Å². The first-order valence-electron chi connectivity index (χ1n) is 7.88. The highest BCUT2D eigenvalue weighted by Crippen LogP contribution is 2.21. The molecule has 136 valence electrons. The van der Waals surface area contributed by atoms with Gasteiger partial charge in [-0.1, -0.05) is 32.9 Å². The number of methoxy groups -OCH3 is 1. The van der Waals surface area contributed by atoms with Gasteiger partial charge in [-0.3, -0.25) is 4.79 Å². The van der Waals surface area contributed by atoms with Crippen molar-refractivity contribution in [2.75, 3.05) is 26.0 Å². The number of hydrogen-bond acceptors (Lipinski definition) is 5. The van der Waals surface area contributed by atoms with Crippen LogP contribution in [0.1, 0.15) is 33.3 Å². The zero-order valence-corrected chi connectivity index (χ0v) is 15.9. The molecule has 1 amide bonds. The molecule has 1 aromatic rings. The second kappa shape index (κ2) is 8.48. The molecule has 0 aliphatic carbocycles. The number of benzene rings is 1. The number of nitrogens with zero attached hydrogens (tertiary/aromatic N) is 1. The number of carbonyl (C=O) groups excluding carboxylic acids is 1. The average molecular weight is 357 g/mol. The first-order valence-corrected chi connectivity index (χ1v) is 9.46. The first-order chi connectivity index (χ1) is 11.1. The fourth-order valence-corrected chi connectivity index (χ4v) is 2.56. The molecule has 6 nitrogen and oxygen atoms in total. The van der Waals surface area contributed by atoms with E-state index < -0.39 is 15.5 Å². The maximum atomic E-state index is 12.6. The molecule has 0 fully saturated rings. The molecule has 1 rings (SSSR count). The minimum atomic E-state index is -3.57. The van der Waals surface area contributed by atoms with Crippen LogP contribution in [0.15, 0.2) is 24.3 Å². The van der Waals surface area contributed by atoms with Gasteiger partial charge in [0.15, 0.2) is 0 Å². The van der Waals surface area contributed by atoms with Crippen LogP contribution >= 0.6 is 0 Å². The summed E-state index contributed by atoms with van der Waals surface area (Å²) in [5.41, 5.74) is 0.292. The summed E-state index contributed by atoms with van der Waals surface area (Å²) in [6, 6.07) is 6.78. The fraction of sp³-hybridized carbons (Fsp3) is 0.588. The number of carbonyl (C=O) groups is 1. The average Bonchev–Trinajstić information content (AvgIpc) is 2.49. The second-order valence-corrected chi connectivity index (χ2v) is 8.41. The molecule has 0 saturated carbocycles. The van der Waals surface area contributed by atoms with Crippen molar-refractivity contribution < 1.29 is 22.1 Å². The molecule has 0 spiro atoms. The SMILES string of the molecule is CCS(=O)(=O)Oc1cccc(CN(CCOC)C(=O)C(C)(C)C)c1. The molecule has 0 unspecified atom stereocenters. The van der Waals surface area contributed by atoms with Crippen LogP contribution in [0.5, 0.6) is 5.75 Å². The number of amides is 1. The standard InChI is InChI=1S/C17H27NO5S/c1-6-24(20,21)23-15-9-7-8-14(12-15)13-18(10-11-22-5)16(19)17(2,3)4/h7-9,12H,6,10-11,13H2,1-5H3. The Morgan fingerprint density at radius 2 is 1.92 bits per heavy atom. The van der Waals surface area contributed by atoms with Gasteiger partial charge in [0.2, 0.25) is 5.91 Å². The van der Waals surface area contributed by atoms with Crippen LogP contribution in [-0.4, -0.2) is 45.2 Å². The van der Waals surface area contributed by atoms with Gasteiger partial charge in [-0.2, -0.15) is 8.42 Å². The van der Waals surface area contributed by atoms with E-state index in [0.29, 0.717) is 19.7 Å². The molecular weight excluding hydrogens is 330 g/mol. The van der Waals surface area contributed by atoms with Crippen molar-refractivity contribution in [3.63, 3.8) is 0 Å². The molecule has 0 heterocycles. The summed E-state index contributed by atoms with van der Waals surface area (Å²) >= 11 is 0. The molecule has 0 aliphatic rings. The Kier molecular flexibility index (Phi) is 7.23. The summed E-state index contributed by atoms with van der Waals surface area (Å²) in [6.45, 7) is 8.37. The molecule has 0 aliphatic heterocycles. The largest absolute Gasteiger partial charge is 0.383 e. The molecule has 0 saturated heterocycles. The Hall–Kier alpha value is -1.60. The number of ether oxygens (including phenoxy) is 1. The molecule has 0 bridgehead atoms. The van der Waals surface area contributed by atoms with Crippen LogP contribution in [0.2, 0.25) is 0 Å². The minimum absolute atomic E-state index is 0.00653. The lowest BCUT2D eigenvalue weighted by Crippen LogP contribution is -2.40. The summed E-state index contributed by atoms with van der Waals surface area (Å²) in [6.07, 6.45) is 0. The summed E-state index contributed by atoms with van der Waals surface area (Å²) in [4.78, 5) is 14.3. The number of hydrogen-bond donors (Lipinski definition) is 0. The third-order valence-electron chi connectivity index (χ3n) is 3.34. The van der Waals surface area contributed by atoms with Crippen LogP contribution in [0.4, 0.5) is 0 Å². The molecule has 7 heteroatoms. The van der Waals surface area contributed by atoms with Crippen molar-refractivity contribution in [3.05, 3.63) is 29.8 Å². The van der Waals surface area contributed by atoms with Gasteiger partial charge in [0.1, 0.15) is 5.75 Å². The van der Waals surface area contributed by atoms with E-state index in [1.165, 1.54) is 6.92 Å². The van der Waals surface area contributed by atoms with Crippen molar-refractivity contribution >= 4 is 16.0 Å². The van der Waals surface area contributed by atoms with E-state index in [1.807, 2.05) is 26.8 Å². The van der Waals surface area contributed by atoms with E-state index in [9.17, 15) is 13.2 Å². The van der Waals surface area contributed by atoms with Gasteiger partial charge in [-0.15, -0.1) is 0 Å². The maximum Gasteiger partial charge on any atom is 0.308 e. The van der Waals surface area contributed by atoms with Crippen molar-refractivity contribution in [3.8, 4) is 5.75 Å². The topological polar surface area (TPSA) is 72.9 Å². The molecular formula is C17H27NO5S. The van der Waals surface area contributed by atoms with Gasteiger partial charge in [0.05, 0.1) is 12.4 Å². The molecule has 0 N–H and O–H groups in total. The summed E-state index contributed by atoms with van der Waals surface area (Å²) in [5, 5.41) is 0. The zero-order chi connectivity index (χ0) is 18.4. The lowest BCUT2D eigenvalue weighted by atomic mass is 9.94. The summed E-state index contributed by atoms with van der Waals surface area (Å²) in [5.74, 6) is 0.163. The van der Waals surface area contributed by atoms with Gasteiger partial charge in [0.25, 0.3) is 0 Å². The van der Waals surface area contributed by atoms with E-state index in [1.54, 1.807) is 30.2 Å². The van der Waals surface area contributed by atoms with E-state index in [0.717, 1.165) is 5.56 Å². The first kappa shape index (κ1) is 20.4. The monoisotopic (exact) mass is 357 g/mol. The predicted octanol–water partition coefficient (Wildman–Crippen LogP) is 2.44. The van der Waals surface area contributed by atoms with E-state index in [4.69, 9.17) is 8.92 Å². The van der Waals surface area contributed by atoms with Crippen LogP contribution < -0.4 is 4.18 Å². The molecule has 0 radical (unpaired) electrons. The third kappa shape index (κ3) is 6.49. The highest BCUT2D eigenvalue weighted by molar-refractivity contribution is 7.87. The molecule has 1 aromatic carbocycles. The highest BCUT2D eigenvalue weighted by Gasteiger charge is 2.27. The van der Waals surface area contributed by atoms with Gasteiger partial charge in [-0.05, 0) is 24.6 Å². The van der Waals surface area contributed by atoms with Gasteiger partial charge in [-0.25, -0.2) is 0 Å². The molecule has 0 atom stereocenters. The molecule has 24 heavy (non-hydrogen) atoms. The quantitative estimate of drug-likeness (QED) is 0.668. The van der Waals surface area contributed by atoms with Gasteiger partial charge in [0, 0.05) is 25.6 Å². The maximum absolute atomic E-state index is 12.6. The smallest absolute Gasteiger partial charge is 0.308 e. The summed E-state index contributed by atoms with van der Waals surface area (Å²) in [7, 11) is -1.98. The minimum Gasteiger partial charge on any atom is -0.383 e. The van der Waals surface area contributed by atoms with E-state index in [2.05, 4.69) is 0 Å². The fourth-order valence-electron chi connectivity index (χ4n) is 2.05. The van der Waals surface area contributed by atoms with Crippen LogP contribution in [0, 0.1) is 5.41 Å². The van der Waals surface area contributed by atoms with Gasteiger partial charge >= 0.3 is 10.1 Å². The van der Waals surface area contributed by atoms with E-state index >= 15 is 0 Å².